The largest absolute Gasteiger partial charge is 0.490 e. The van der Waals surface area contributed by atoms with Crippen molar-refractivity contribution in [1.82, 2.24) is 30.1 Å². The van der Waals surface area contributed by atoms with Gasteiger partial charge in [0.05, 0.1) is 17.9 Å². The summed E-state index contributed by atoms with van der Waals surface area (Å²) >= 11 is 0. The molecule has 0 radical (unpaired) electrons. The lowest BCUT2D eigenvalue weighted by Crippen LogP contribution is -2.66. The van der Waals surface area contributed by atoms with E-state index < -0.39 is 21.9 Å². The first-order valence-electron chi connectivity index (χ1n) is 16.5. The quantitative estimate of drug-likeness (QED) is 0.102. The Labute approximate surface area is 287 Å². The van der Waals surface area contributed by atoms with Crippen LogP contribution in [0.4, 0.5) is 30.6 Å². The number of anilines is 3. The molecule has 0 bridgehead atoms. The van der Waals surface area contributed by atoms with Gasteiger partial charge in [0.25, 0.3) is 0 Å². The zero-order valence-electron chi connectivity index (χ0n) is 28.6. The highest BCUT2D eigenvalue weighted by Gasteiger charge is 2.61. The minimum atomic E-state index is -2.53. The molecule has 3 aromatic rings. The van der Waals surface area contributed by atoms with Gasteiger partial charge in [-0.3, -0.25) is 20.6 Å². The Bertz CT molecular complexity index is 1650. The summed E-state index contributed by atoms with van der Waals surface area (Å²) in [4.78, 5) is 19.1. The summed E-state index contributed by atoms with van der Waals surface area (Å²) in [5, 5.41) is 15.7. The first kappa shape index (κ1) is 35.0. The second-order valence-corrected chi connectivity index (χ2v) is 18.8. The second-order valence-electron chi connectivity index (χ2n) is 14.2. The van der Waals surface area contributed by atoms with Crippen molar-refractivity contribution in [2.75, 3.05) is 80.7 Å². The van der Waals surface area contributed by atoms with Gasteiger partial charge in [0.2, 0.25) is 17.8 Å². The predicted molar refractivity (Wildman–Crippen MR) is 190 cm³/mol. The van der Waals surface area contributed by atoms with Gasteiger partial charge in [0.15, 0.2) is 5.82 Å². The fourth-order valence-corrected chi connectivity index (χ4v) is 7.15. The van der Waals surface area contributed by atoms with Crippen LogP contribution < -0.4 is 20.4 Å². The Kier molecular flexibility index (Phi) is 10.1. The van der Waals surface area contributed by atoms with E-state index in [2.05, 4.69) is 44.5 Å². The first-order valence-corrected chi connectivity index (χ1v) is 19.6. The van der Waals surface area contributed by atoms with Crippen LogP contribution in [0.2, 0.25) is 0 Å². The number of rotatable bonds is 15. The van der Waals surface area contributed by atoms with Crippen LogP contribution in [0, 0.1) is 10.8 Å². The van der Waals surface area contributed by atoms with Crippen molar-refractivity contribution in [2.24, 2.45) is 12.5 Å². The molecule has 49 heavy (non-hydrogen) atoms. The molecular weight excluding hydrogens is 655 g/mol. The fourth-order valence-electron chi connectivity index (χ4n) is 6.56. The van der Waals surface area contributed by atoms with Crippen LogP contribution >= 0.6 is 10.0 Å². The van der Waals surface area contributed by atoms with Gasteiger partial charge >= 0.3 is 0 Å². The van der Waals surface area contributed by atoms with Crippen molar-refractivity contribution in [1.29, 1.82) is 5.41 Å². The van der Waals surface area contributed by atoms with Gasteiger partial charge in [-0.25, -0.2) is 28.5 Å². The molecule has 6 rings (SSSR count). The number of benzene rings is 1. The molecule has 2 aromatic heterocycles. The molecule has 1 aromatic carbocycles. The zero-order chi connectivity index (χ0) is 34.8. The fraction of sp³-hybridized carbons (Fsp3) is 0.529. The smallest absolute Gasteiger partial charge is 0.249 e. The summed E-state index contributed by atoms with van der Waals surface area (Å²) in [6, 6.07) is 8.93. The van der Waals surface area contributed by atoms with Crippen LogP contribution in [0.1, 0.15) is 31.2 Å². The third kappa shape index (κ3) is 8.68. The molecule has 11 nitrogen and oxygen atoms in total. The van der Waals surface area contributed by atoms with Gasteiger partial charge in [-0.2, -0.15) is 9.37 Å². The van der Waals surface area contributed by atoms with Gasteiger partial charge < -0.3 is 15.0 Å². The molecule has 2 aliphatic heterocycles. The SMILES string of the molecule is Cn1nc(-c2ccc(N3CC4(C3)CC(F)(F)C4)nc2)nc1Nc1ccc(/C(=C/NOCCS(C)(C)C)C(=N)F)cc1OCCN1CCCC1. The van der Waals surface area contributed by atoms with E-state index in [0.29, 0.717) is 60.6 Å². The molecule has 0 atom stereocenters. The topological polar surface area (TPSA) is 116 Å². The normalized spacial score (nSPS) is 19.0. The summed E-state index contributed by atoms with van der Waals surface area (Å²) in [6.07, 6.45) is 11.9. The summed E-state index contributed by atoms with van der Waals surface area (Å²) in [7, 11) is 1.04. The Morgan fingerprint density at radius 3 is 2.49 bits per heavy atom. The van der Waals surface area contributed by atoms with Crippen molar-refractivity contribution >= 4 is 39.0 Å². The molecule has 1 aliphatic carbocycles. The van der Waals surface area contributed by atoms with E-state index >= 15 is 0 Å². The lowest BCUT2D eigenvalue weighted by Gasteiger charge is -2.59. The molecular formula is C34H46F3N9O2S. The zero-order valence-corrected chi connectivity index (χ0v) is 29.4. The summed E-state index contributed by atoms with van der Waals surface area (Å²) in [5.41, 5.74) is 4.24. The van der Waals surface area contributed by atoms with E-state index in [9.17, 15) is 13.2 Å². The van der Waals surface area contributed by atoms with E-state index in [0.717, 1.165) is 31.2 Å². The number of alkyl halides is 2. The number of likely N-dealkylation sites (tertiary alicyclic amines) is 1. The van der Waals surface area contributed by atoms with Gasteiger partial charge in [0, 0.05) is 68.7 Å². The number of pyridine rings is 1. The van der Waals surface area contributed by atoms with Gasteiger partial charge in [-0.15, -0.1) is 5.10 Å². The number of ether oxygens (including phenoxy) is 1. The van der Waals surface area contributed by atoms with Crippen LogP contribution in [-0.4, -0.2) is 107 Å². The Hall–Kier alpha value is -3.82. The van der Waals surface area contributed by atoms with Crippen LogP contribution in [0.25, 0.3) is 17.0 Å². The maximum Gasteiger partial charge on any atom is 0.249 e. The molecule has 1 spiro atoms. The van der Waals surface area contributed by atoms with Crippen LogP contribution in [0.5, 0.6) is 5.75 Å². The van der Waals surface area contributed by atoms with Crippen molar-refractivity contribution in [2.45, 2.75) is 31.6 Å². The maximum atomic E-state index is 14.5. The number of nitrogens with one attached hydrogen (secondary N) is 3. The first-order chi connectivity index (χ1) is 23.3. The Balaban J connectivity index is 1.15. The Morgan fingerprint density at radius 1 is 1.08 bits per heavy atom. The van der Waals surface area contributed by atoms with E-state index in [1.54, 1.807) is 36.1 Å². The van der Waals surface area contributed by atoms with Gasteiger partial charge in [0.1, 0.15) is 18.2 Å². The summed E-state index contributed by atoms with van der Waals surface area (Å²) in [6.45, 7) is 4.94. The van der Waals surface area contributed by atoms with Crippen LogP contribution in [0.15, 0.2) is 42.7 Å². The molecule has 3 fully saturated rings. The highest BCUT2D eigenvalue weighted by molar-refractivity contribution is 8.32. The van der Waals surface area contributed by atoms with E-state index in [1.807, 2.05) is 17.0 Å². The highest BCUT2D eigenvalue weighted by Crippen LogP contribution is 2.57. The number of allylic oxidation sites excluding steroid dienone is 1. The minimum Gasteiger partial charge on any atom is -0.490 e. The van der Waals surface area contributed by atoms with Gasteiger partial charge in [-0.05, 0) is 74.5 Å². The number of aryl methyl sites for hydroxylation is 1. The van der Waals surface area contributed by atoms with E-state index in [1.165, 1.54) is 19.0 Å². The van der Waals surface area contributed by atoms with Crippen molar-refractivity contribution in [3.8, 4) is 17.1 Å². The third-order valence-electron chi connectivity index (χ3n) is 9.14. The molecule has 15 heteroatoms. The van der Waals surface area contributed by atoms with Crippen LogP contribution in [-0.2, 0) is 11.9 Å². The summed E-state index contributed by atoms with van der Waals surface area (Å²) < 4.78 is 49.2. The molecule has 1 saturated carbocycles. The second kappa shape index (κ2) is 14.2. The number of hydroxylamine groups is 1. The Morgan fingerprint density at radius 2 is 1.84 bits per heavy atom. The van der Waals surface area contributed by atoms with Crippen LogP contribution in [0.3, 0.4) is 0 Å². The van der Waals surface area contributed by atoms with Crippen molar-refractivity contribution in [3.63, 3.8) is 0 Å². The number of hydrogen-bond donors (Lipinski definition) is 3. The van der Waals surface area contributed by atoms with Crippen molar-refractivity contribution < 1.29 is 22.7 Å². The molecule has 0 unspecified atom stereocenters. The van der Waals surface area contributed by atoms with Crippen molar-refractivity contribution in [3.05, 3.63) is 48.3 Å². The standard InChI is InChI=1S/C34H46F3N9O2S/c1-44-32(42-31(43-44)25-8-10-29(39-18-25)46-22-33(23-46)20-34(36,37)21-33)41-27-9-7-24(17-28(27)47-14-13-45-11-5-6-12-45)26(30(35)38)19-40-48-15-16-49(2,3)4/h7-10,17-19,38,40H,5-6,11-16,20-23H2,1-4H3,(H,41,42,43)/b26-19-,38-30?. The lowest BCUT2D eigenvalue weighted by atomic mass is 9.61. The number of aromatic nitrogens is 4. The minimum absolute atomic E-state index is 0.0370. The molecule has 0 amide bonds. The summed E-state index contributed by atoms with van der Waals surface area (Å²) in [5.74, 6) is -0.590. The molecule has 4 heterocycles. The van der Waals surface area contributed by atoms with Gasteiger partial charge in [-0.1, -0.05) is 6.07 Å². The number of nitrogens with zero attached hydrogens (tertiary/aromatic N) is 6. The molecule has 2 saturated heterocycles. The predicted octanol–water partition coefficient (Wildman–Crippen LogP) is 5.83. The third-order valence-corrected chi connectivity index (χ3v) is 10.5. The average Bonchev–Trinajstić information content (AvgIpc) is 3.66. The maximum absolute atomic E-state index is 14.5. The monoisotopic (exact) mass is 701 g/mol. The van der Waals surface area contributed by atoms with E-state index in [4.69, 9.17) is 20.0 Å². The van der Waals surface area contributed by atoms with E-state index in [-0.39, 0.29) is 23.8 Å². The lowest BCUT2D eigenvalue weighted by molar-refractivity contribution is -0.170. The molecule has 3 N–H and O–H groups in total. The average molecular weight is 702 g/mol. The molecule has 266 valence electrons. The highest BCUT2D eigenvalue weighted by atomic mass is 32.3. The number of hydrogen-bond acceptors (Lipinski definition) is 10. The molecule has 3 aliphatic rings. The number of halogens is 3.